The van der Waals surface area contributed by atoms with E-state index >= 15 is 0 Å². The molecule has 2 heteroatoms. The highest BCUT2D eigenvalue weighted by atomic mass is 16.4. The number of hydrogen-bond donors (Lipinski definition) is 1. The lowest BCUT2D eigenvalue weighted by atomic mass is 10.2. The third-order valence-electron chi connectivity index (χ3n) is 1.11. The third-order valence-corrected chi connectivity index (χ3v) is 1.11. The number of allylic oxidation sites excluding steroid dienone is 3. The van der Waals surface area contributed by atoms with Crippen LogP contribution in [0.3, 0.4) is 0 Å². The highest BCUT2D eigenvalue weighted by molar-refractivity contribution is 5.70. The Balaban J connectivity index is 0. The summed E-state index contributed by atoms with van der Waals surface area (Å²) in [5.41, 5.74) is 0.843. The summed E-state index contributed by atoms with van der Waals surface area (Å²) in [5.74, 6) is -0.786. The predicted octanol–water partition coefficient (Wildman–Crippen LogP) is 3.01. The molecule has 0 bridgehead atoms. The van der Waals surface area contributed by atoms with Crippen molar-refractivity contribution in [2.45, 2.75) is 34.1 Å². The van der Waals surface area contributed by atoms with Gasteiger partial charge < -0.3 is 5.11 Å². The molecule has 0 aromatic rings. The average Bonchev–Trinajstić information content (AvgIpc) is 2.07. The topological polar surface area (TPSA) is 37.3 Å². The van der Waals surface area contributed by atoms with Crippen LogP contribution in [0.5, 0.6) is 0 Å². The van der Waals surface area contributed by atoms with Crippen LogP contribution in [0.15, 0.2) is 23.8 Å². The number of aliphatic carboxylic acids is 1. The van der Waals surface area contributed by atoms with Crippen molar-refractivity contribution >= 4 is 5.97 Å². The zero-order chi connectivity index (χ0) is 9.98. The molecule has 0 spiro atoms. The largest absolute Gasteiger partial charge is 0.481 e. The Morgan fingerprint density at radius 2 is 1.83 bits per heavy atom. The average molecular weight is 170 g/mol. The molecule has 1 N–H and O–H groups in total. The Labute approximate surface area is 74.6 Å². The second-order valence-electron chi connectivity index (χ2n) is 1.93. The van der Waals surface area contributed by atoms with E-state index in [-0.39, 0.29) is 6.42 Å². The van der Waals surface area contributed by atoms with Gasteiger partial charge in [-0.1, -0.05) is 32.1 Å². The minimum atomic E-state index is -0.786. The van der Waals surface area contributed by atoms with Gasteiger partial charge in [-0.2, -0.15) is 0 Å². The number of carboxylic acids is 1. The summed E-state index contributed by atoms with van der Waals surface area (Å²) in [5, 5.41) is 8.37. The maximum Gasteiger partial charge on any atom is 0.307 e. The maximum absolute atomic E-state index is 10.2. The number of carboxylic acid groups (broad SMARTS) is 1. The van der Waals surface area contributed by atoms with E-state index in [1.54, 1.807) is 12.2 Å². The number of rotatable bonds is 3. The lowest BCUT2D eigenvalue weighted by molar-refractivity contribution is -0.136. The molecule has 0 amide bonds. The zero-order valence-corrected chi connectivity index (χ0v) is 8.29. The van der Waals surface area contributed by atoms with Crippen molar-refractivity contribution in [2.75, 3.05) is 0 Å². The molecule has 0 aliphatic rings. The Bertz CT molecular complexity index is 167. The van der Waals surface area contributed by atoms with Crippen molar-refractivity contribution in [2.24, 2.45) is 0 Å². The van der Waals surface area contributed by atoms with Gasteiger partial charge in [0.05, 0.1) is 6.42 Å². The van der Waals surface area contributed by atoms with Gasteiger partial charge in [0.2, 0.25) is 0 Å². The SMILES string of the molecule is C/C=C\C(=C/C)CC(=O)O.CC. The summed E-state index contributed by atoms with van der Waals surface area (Å²) in [6.07, 6.45) is 5.54. The van der Waals surface area contributed by atoms with Crippen LogP contribution in [-0.2, 0) is 4.79 Å². The summed E-state index contributed by atoms with van der Waals surface area (Å²) >= 11 is 0. The second kappa shape index (κ2) is 9.95. The molecule has 0 aliphatic carbocycles. The van der Waals surface area contributed by atoms with Gasteiger partial charge in [-0.3, -0.25) is 4.79 Å². The minimum Gasteiger partial charge on any atom is -0.481 e. The van der Waals surface area contributed by atoms with Gasteiger partial charge in [0.15, 0.2) is 0 Å². The van der Waals surface area contributed by atoms with Crippen molar-refractivity contribution < 1.29 is 9.90 Å². The van der Waals surface area contributed by atoms with Gasteiger partial charge in [-0.25, -0.2) is 0 Å². The number of carbonyl (C=O) groups is 1. The monoisotopic (exact) mass is 170 g/mol. The van der Waals surface area contributed by atoms with Crippen LogP contribution in [0.1, 0.15) is 34.1 Å². The standard InChI is InChI=1S/C8H12O2.C2H6/c1-3-5-7(4-2)6-8(9)10;1-2/h3-5H,6H2,1-2H3,(H,9,10);1-2H3/b5-3-,7-4+;. The van der Waals surface area contributed by atoms with E-state index in [0.717, 1.165) is 5.57 Å². The summed E-state index contributed by atoms with van der Waals surface area (Å²) in [7, 11) is 0. The first kappa shape index (κ1) is 13.5. The Morgan fingerprint density at radius 3 is 2.08 bits per heavy atom. The van der Waals surface area contributed by atoms with E-state index in [2.05, 4.69) is 0 Å². The fourth-order valence-corrected chi connectivity index (χ4v) is 0.646. The zero-order valence-electron chi connectivity index (χ0n) is 8.29. The smallest absolute Gasteiger partial charge is 0.307 e. The first-order chi connectivity index (χ1) is 5.70. The van der Waals surface area contributed by atoms with Gasteiger partial charge in [-0.15, -0.1) is 0 Å². The predicted molar refractivity (Wildman–Crippen MR) is 52.2 cm³/mol. The van der Waals surface area contributed by atoms with Crippen LogP contribution in [-0.4, -0.2) is 11.1 Å². The molecule has 0 atom stereocenters. The molecule has 0 unspecified atom stereocenters. The van der Waals surface area contributed by atoms with Crippen LogP contribution in [0.4, 0.5) is 0 Å². The molecular formula is C10H18O2. The minimum absolute atomic E-state index is 0.112. The Kier molecular flexibility index (Phi) is 11.2. The second-order valence-corrected chi connectivity index (χ2v) is 1.93. The van der Waals surface area contributed by atoms with Gasteiger partial charge in [0.1, 0.15) is 0 Å². The molecule has 0 rings (SSSR count). The van der Waals surface area contributed by atoms with E-state index < -0.39 is 5.97 Å². The van der Waals surface area contributed by atoms with E-state index in [0.29, 0.717) is 0 Å². The molecule has 0 heterocycles. The van der Waals surface area contributed by atoms with Crippen LogP contribution < -0.4 is 0 Å². The third kappa shape index (κ3) is 8.95. The normalized spacial score (nSPS) is 10.8. The molecule has 0 fully saturated rings. The molecule has 0 aromatic carbocycles. The quantitative estimate of drug-likeness (QED) is 0.661. The van der Waals surface area contributed by atoms with E-state index in [1.165, 1.54) is 0 Å². The molecule has 70 valence electrons. The molecular weight excluding hydrogens is 152 g/mol. The molecule has 12 heavy (non-hydrogen) atoms. The Hall–Kier alpha value is -1.05. The van der Waals surface area contributed by atoms with Crippen LogP contribution in [0.2, 0.25) is 0 Å². The van der Waals surface area contributed by atoms with Crippen LogP contribution in [0, 0.1) is 0 Å². The van der Waals surface area contributed by atoms with E-state index in [4.69, 9.17) is 5.11 Å². The highest BCUT2D eigenvalue weighted by Crippen LogP contribution is 2.02. The summed E-state index contributed by atoms with van der Waals surface area (Å²) < 4.78 is 0. The van der Waals surface area contributed by atoms with Crippen molar-refractivity contribution in [3.8, 4) is 0 Å². The summed E-state index contributed by atoms with van der Waals surface area (Å²) in [6, 6.07) is 0. The van der Waals surface area contributed by atoms with Crippen LogP contribution >= 0.6 is 0 Å². The molecule has 0 radical (unpaired) electrons. The summed E-state index contributed by atoms with van der Waals surface area (Å²) in [4.78, 5) is 10.2. The first-order valence-corrected chi connectivity index (χ1v) is 4.20. The molecule has 0 saturated carbocycles. The number of hydrogen-bond acceptors (Lipinski definition) is 1. The Morgan fingerprint density at radius 1 is 1.33 bits per heavy atom. The van der Waals surface area contributed by atoms with Crippen molar-refractivity contribution in [1.29, 1.82) is 0 Å². The lowest BCUT2D eigenvalue weighted by Crippen LogP contribution is -1.94. The van der Waals surface area contributed by atoms with Gasteiger partial charge in [-0.05, 0) is 19.4 Å². The fourth-order valence-electron chi connectivity index (χ4n) is 0.646. The van der Waals surface area contributed by atoms with Crippen molar-refractivity contribution in [1.82, 2.24) is 0 Å². The van der Waals surface area contributed by atoms with Gasteiger partial charge in [0, 0.05) is 0 Å². The van der Waals surface area contributed by atoms with Crippen molar-refractivity contribution in [3.63, 3.8) is 0 Å². The fraction of sp³-hybridized carbons (Fsp3) is 0.500. The lowest BCUT2D eigenvalue weighted by Gasteiger charge is -1.93. The summed E-state index contributed by atoms with van der Waals surface area (Å²) in [6.45, 7) is 7.70. The van der Waals surface area contributed by atoms with Gasteiger partial charge >= 0.3 is 5.97 Å². The van der Waals surface area contributed by atoms with Crippen molar-refractivity contribution in [3.05, 3.63) is 23.8 Å². The van der Waals surface area contributed by atoms with E-state index in [9.17, 15) is 4.79 Å². The molecule has 0 aliphatic heterocycles. The van der Waals surface area contributed by atoms with Gasteiger partial charge in [0.25, 0.3) is 0 Å². The maximum atomic E-state index is 10.2. The van der Waals surface area contributed by atoms with E-state index in [1.807, 2.05) is 33.8 Å². The molecule has 0 saturated heterocycles. The first-order valence-electron chi connectivity index (χ1n) is 4.20. The molecule has 2 nitrogen and oxygen atoms in total. The van der Waals surface area contributed by atoms with Crippen LogP contribution in [0.25, 0.3) is 0 Å². The highest BCUT2D eigenvalue weighted by Gasteiger charge is 1.97. The molecule has 0 aromatic heterocycles.